The van der Waals surface area contributed by atoms with Crippen molar-refractivity contribution in [1.82, 2.24) is 13.3 Å². The lowest BCUT2D eigenvalue weighted by Crippen LogP contribution is -2.34. The highest BCUT2D eigenvalue weighted by atomic mass is 32.2. The fourth-order valence-corrected chi connectivity index (χ4v) is 2.96. The van der Waals surface area contributed by atoms with E-state index in [1.54, 1.807) is 7.11 Å². The van der Waals surface area contributed by atoms with Crippen LogP contribution in [-0.2, 0) is 14.9 Å². The van der Waals surface area contributed by atoms with E-state index in [4.69, 9.17) is 4.74 Å². The summed E-state index contributed by atoms with van der Waals surface area (Å²) in [6.45, 7) is 0.913. The van der Waals surface area contributed by atoms with Gasteiger partial charge in [0.2, 0.25) is 0 Å². The maximum atomic E-state index is 12.0. The molecule has 0 aromatic carbocycles. The van der Waals surface area contributed by atoms with Crippen LogP contribution in [0.4, 0.5) is 0 Å². The lowest BCUT2D eigenvalue weighted by atomic mass is 10.3. The predicted molar refractivity (Wildman–Crippen MR) is 53.5 cm³/mol. The second-order valence-electron chi connectivity index (χ2n) is 3.40. The Morgan fingerprint density at radius 3 is 2.87 bits per heavy atom. The molecule has 1 saturated heterocycles. The van der Waals surface area contributed by atoms with Crippen LogP contribution in [0.25, 0.3) is 0 Å². The van der Waals surface area contributed by atoms with Gasteiger partial charge >= 0.3 is 10.2 Å². The Hall–Kier alpha value is -0.920. The van der Waals surface area contributed by atoms with E-state index in [1.807, 2.05) is 0 Å². The van der Waals surface area contributed by atoms with Crippen molar-refractivity contribution in [3.8, 4) is 0 Å². The standard InChI is InChI=1S/C8H13N3O3S/c1-14-8-2-4-10(6-8)15(12,13)11-5-3-9-7-11/h3,5,7-8H,2,4,6H2,1H3/t8-/m0/s1. The first-order chi connectivity index (χ1) is 7.14. The quantitative estimate of drug-likeness (QED) is 0.716. The number of hydrogen-bond donors (Lipinski definition) is 0. The molecule has 2 heterocycles. The molecule has 1 fully saturated rings. The summed E-state index contributed by atoms with van der Waals surface area (Å²) in [5.74, 6) is 0. The largest absolute Gasteiger partial charge is 0.380 e. The fourth-order valence-electron chi connectivity index (χ4n) is 1.62. The highest BCUT2D eigenvalue weighted by Crippen LogP contribution is 2.16. The van der Waals surface area contributed by atoms with Crippen molar-refractivity contribution in [2.75, 3.05) is 20.2 Å². The number of methoxy groups -OCH3 is 1. The number of hydrogen-bond acceptors (Lipinski definition) is 4. The maximum absolute atomic E-state index is 12.0. The lowest BCUT2D eigenvalue weighted by molar-refractivity contribution is 0.115. The number of imidazole rings is 1. The van der Waals surface area contributed by atoms with Gasteiger partial charge in [0.15, 0.2) is 0 Å². The van der Waals surface area contributed by atoms with E-state index in [0.29, 0.717) is 13.1 Å². The van der Waals surface area contributed by atoms with E-state index in [-0.39, 0.29) is 6.10 Å². The summed E-state index contributed by atoms with van der Waals surface area (Å²) in [5.41, 5.74) is 0. The summed E-state index contributed by atoms with van der Waals surface area (Å²) >= 11 is 0. The van der Waals surface area contributed by atoms with E-state index in [9.17, 15) is 8.42 Å². The molecule has 1 aliphatic rings. The highest BCUT2D eigenvalue weighted by Gasteiger charge is 2.32. The van der Waals surface area contributed by atoms with Gasteiger partial charge in [0.05, 0.1) is 6.10 Å². The zero-order valence-corrected chi connectivity index (χ0v) is 9.22. The second-order valence-corrected chi connectivity index (χ2v) is 5.24. The minimum atomic E-state index is -3.43. The van der Waals surface area contributed by atoms with Crippen molar-refractivity contribution in [3.63, 3.8) is 0 Å². The van der Waals surface area contributed by atoms with Crippen LogP contribution in [0.1, 0.15) is 6.42 Å². The molecule has 0 spiro atoms. The van der Waals surface area contributed by atoms with Crippen LogP contribution in [0.2, 0.25) is 0 Å². The van der Waals surface area contributed by atoms with Gasteiger partial charge in [-0.2, -0.15) is 12.7 Å². The third-order valence-corrected chi connectivity index (χ3v) is 4.25. The molecule has 0 saturated carbocycles. The molecule has 0 aliphatic carbocycles. The Kier molecular flexibility index (Phi) is 2.76. The third-order valence-electron chi connectivity index (χ3n) is 2.51. The van der Waals surface area contributed by atoms with Gasteiger partial charge in [-0.05, 0) is 6.42 Å². The molecule has 1 aromatic rings. The van der Waals surface area contributed by atoms with Crippen molar-refractivity contribution < 1.29 is 13.2 Å². The lowest BCUT2D eigenvalue weighted by Gasteiger charge is -2.16. The molecule has 2 rings (SSSR count). The molecule has 0 N–H and O–H groups in total. The Morgan fingerprint density at radius 2 is 2.33 bits per heavy atom. The smallest absolute Gasteiger partial charge is 0.308 e. The molecule has 1 atom stereocenters. The summed E-state index contributed by atoms with van der Waals surface area (Å²) in [4.78, 5) is 3.72. The average Bonchev–Trinajstić information content (AvgIpc) is 2.89. The van der Waals surface area contributed by atoms with Crippen LogP contribution in [-0.4, -0.2) is 48.0 Å². The van der Waals surface area contributed by atoms with E-state index in [0.717, 1.165) is 10.4 Å². The second kappa shape index (κ2) is 3.92. The first-order valence-corrected chi connectivity index (χ1v) is 6.05. The van der Waals surface area contributed by atoms with Crippen molar-refractivity contribution >= 4 is 10.2 Å². The molecule has 0 amide bonds. The summed E-state index contributed by atoms with van der Waals surface area (Å²) in [6.07, 6.45) is 4.90. The van der Waals surface area contributed by atoms with Gasteiger partial charge in [-0.15, -0.1) is 0 Å². The van der Waals surface area contributed by atoms with Gasteiger partial charge in [0.1, 0.15) is 6.33 Å². The zero-order chi connectivity index (χ0) is 10.9. The molecule has 0 unspecified atom stereocenters. The van der Waals surface area contributed by atoms with Gasteiger partial charge in [0, 0.05) is 32.6 Å². The van der Waals surface area contributed by atoms with Gasteiger partial charge in [-0.3, -0.25) is 0 Å². The summed E-state index contributed by atoms with van der Waals surface area (Å²) in [5, 5.41) is 0. The Labute approximate surface area is 88.7 Å². The normalized spacial score (nSPS) is 23.4. The van der Waals surface area contributed by atoms with E-state index < -0.39 is 10.2 Å². The fraction of sp³-hybridized carbons (Fsp3) is 0.625. The van der Waals surface area contributed by atoms with E-state index in [1.165, 1.54) is 23.0 Å². The first kappa shape index (κ1) is 10.6. The molecule has 7 heteroatoms. The van der Waals surface area contributed by atoms with Crippen LogP contribution < -0.4 is 0 Å². The highest BCUT2D eigenvalue weighted by molar-refractivity contribution is 7.87. The minimum absolute atomic E-state index is 0.00305. The Bertz CT molecular complexity index is 414. The molecule has 84 valence electrons. The maximum Gasteiger partial charge on any atom is 0.308 e. The third kappa shape index (κ3) is 1.90. The molecule has 1 aliphatic heterocycles. The van der Waals surface area contributed by atoms with Gasteiger partial charge in [0.25, 0.3) is 0 Å². The van der Waals surface area contributed by atoms with E-state index >= 15 is 0 Å². The Morgan fingerprint density at radius 1 is 1.53 bits per heavy atom. The van der Waals surface area contributed by atoms with Crippen LogP contribution in [0.15, 0.2) is 18.7 Å². The van der Waals surface area contributed by atoms with Gasteiger partial charge in [-0.25, -0.2) is 8.96 Å². The summed E-state index contributed by atoms with van der Waals surface area (Å²) in [6, 6.07) is 0. The number of rotatable bonds is 3. The number of aromatic nitrogens is 2. The van der Waals surface area contributed by atoms with Gasteiger partial charge in [-0.1, -0.05) is 0 Å². The minimum Gasteiger partial charge on any atom is -0.380 e. The predicted octanol–water partition coefficient (Wildman–Crippen LogP) is -0.303. The molecular weight excluding hydrogens is 218 g/mol. The van der Waals surface area contributed by atoms with Crippen LogP contribution >= 0.6 is 0 Å². The number of ether oxygens (including phenoxy) is 1. The van der Waals surface area contributed by atoms with Crippen molar-refractivity contribution in [3.05, 3.63) is 18.7 Å². The Balaban J connectivity index is 2.18. The van der Waals surface area contributed by atoms with Crippen LogP contribution in [0.3, 0.4) is 0 Å². The van der Waals surface area contributed by atoms with Crippen LogP contribution in [0, 0.1) is 0 Å². The summed E-state index contributed by atoms with van der Waals surface area (Å²) < 4.78 is 31.5. The number of nitrogens with zero attached hydrogens (tertiary/aromatic N) is 3. The van der Waals surface area contributed by atoms with Crippen molar-refractivity contribution in [2.24, 2.45) is 0 Å². The van der Waals surface area contributed by atoms with E-state index in [2.05, 4.69) is 4.98 Å². The molecule has 15 heavy (non-hydrogen) atoms. The summed E-state index contributed by atoms with van der Waals surface area (Å²) in [7, 11) is -1.84. The molecule has 1 aromatic heterocycles. The molecule has 0 bridgehead atoms. The van der Waals surface area contributed by atoms with Crippen molar-refractivity contribution in [2.45, 2.75) is 12.5 Å². The SMILES string of the molecule is CO[C@H]1CCN(S(=O)(=O)n2ccnc2)C1. The first-order valence-electron chi connectivity index (χ1n) is 4.66. The molecule has 0 radical (unpaired) electrons. The average molecular weight is 231 g/mol. The molecule has 6 nitrogen and oxygen atoms in total. The van der Waals surface area contributed by atoms with Crippen molar-refractivity contribution in [1.29, 1.82) is 0 Å². The molecular formula is C8H13N3O3S. The van der Waals surface area contributed by atoms with Crippen LogP contribution in [0.5, 0.6) is 0 Å². The topological polar surface area (TPSA) is 64.4 Å². The zero-order valence-electron chi connectivity index (χ0n) is 8.41. The monoisotopic (exact) mass is 231 g/mol. The van der Waals surface area contributed by atoms with Gasteiger partial charge < -0.3 is 4.74 Å².